The number of hydrogen-bond acceptors (Lipinski definition) is 5. The molecule has 2 aromatic rings. The normalized spacial score (nSPS) is 10.4. The minimum absolute atomic E-state index is 0.400. The van der Waals surface area contributed by atoms with Crippen LogP contribution in [-0.4, -0.2) is 32.7 Å². The Balaban J connectivity index is 1.86. The Labute approximate surface area is 159 Å². The molecule has 0 bridgehead atoms. The second-order valence-electron chi connectivity index (χ2n) is 5.14. The van der Waals surface area contributed by atoms with E-state index in [-0.39, 0.29) is 0 Å². The van der Waals surface area contributed by atoms with Gasteiger partial charge in [0.2, 0.25) is 0 Å². The Morgan fingerprint density at radius 3 is 2.23 bits per heavy atom. The SMILES string of the molecule is COc1cc(NC(=O)COC(=O)/C=C/c2ccc(Br)cc2)cc(OC)c1. The predicted octanol–water partition coefficient (Wildman–Crippen LogP) is 3.66. The summed E-state index contributed by atoms with van der Waals surface area (Å²) in [6.07, 6.45) is 2.88. The molecule has 0 fully saturated rings. The molecule has 0 spiro atoms. The van der Waals surface area contributed by atoms with Crippen LogP contribution in [0.4, 0.5) is 5.69 Å². The number of nitrogens with one attached hydrogen (secondary N) is 1. The Bertz CT molecular complexity index is 780. The molecule has 7 heteroatoms. The van der Waals surface area contributed by atoms with Crippen molar-refractivity contribution >= 4 is 39.6 Å². The number of halogens is 1. The van der Waals surface area contributed by atoms with Crippen LogP contribution >= 0.6 is 15.9 Å². The molecule has 0 atom stereocenters. The quantitative estimate of drug-likeness (QED) is 0.547. The maximum Gasteiger partial charge on any atom is 0.331 e. The molecular weight excluding hydrogens is 402 g/mol. The summed E-state index contributed by atoms with van der Waals surface area (Å²) in [4.78, 5) is 23.6. The van der Waals surface area contributed by atoms with Crippen molar-refractivity contribution in [3.05, 3.63) is 58.6 Å². The summed E-state index contributed by atoms with van der Waals surface area (Å²) in [6.45, 7) is -0.400. The first kappa shape index (κ1) is 19.5. The number of hydrogen-bond donors (Lipinski definition) is 1. The summed E-state index contributed by atoms with van der Waals surface area (Å²) in [6, 6.07) is 12.4. The summed E-state index contributed by atoms with van der Waals surface area (Å²) in [5.74, 6) is 0.000131. The molecule has 136 valence electrons. The van der Waals surface area contributed by atoms with E-state index in [9.17, 15) is 9.59 Å². The highest BCUT2D eigenvalue weighted by atomic mass is 79.9. The molecule has 0 saturated carbocycles. The standard InChI is InChI=1S/C19H18BrNO5/c1-24-16-9-15(10-17(11-16)25-2)21-18(22)12-26-19(23)8-5-13-3-6-14(20)7-4-13/h3-11H,12H2,1-2H3,(H,21,22)/b8-5+. The molecule has 0 saturated heterocycles. The molecule has 2 aromatic carbocycles. The summed E-state index contributed by atoms with van der Waals surface area (Å²) in [5, 5.41) is 2.62. The number of methoxy groups -OCH3 is 2. The third kappa shape index (κ3) is 6.25. The number of anilines is 1. The number of carbonyl (C=O) groups excluding carboxylic acids is 2. The molecule has 0 aliphatic rings. The fraction of sp³-hybridized carbons (Fsp3) is 0.158. The van der Waals surface area contributed by atoms with Crippen LogP contribution in [0.25, 0.3) is 6.08 Å². The van der Waals surface area contributed by atoms with Gasteiger partial charge in [0.1, 0.15) is 11.5 Å². The van der Waals surface area contributed by atoms with E-state index in [0.29, 0.717) is 17.2 Å². The lowest BCUT2D eigenvalue weighted by atomic mass is 10.2. The monoisotopic (exact) mass is 419 g/mol. The first-order chi connectivity index (χ1) is 12.5. The molecule has 6 nitrogen and oxygen atoms in total. The molecule has 2 rings (SSSR count). The van der Waals surface area contributed by atoms with Crippen molar-refractivity contribution in [1.82, 2.24) is 0 Å². The van der Waals surface area contributed by atoms with E-state index in [1.54, 1.807) is 24.3 Å². The number of carbonyl (C=O) groups is 2. The van der Waals surface area contributed by atoms with Crippen LogP contribution in [-0.2, 0) is 14.3 Å². The smallest absolute Gasteiger partial charge is 0.331 e. The van der Waals surface area contributed by atoms with Crippen LogP contribution in [0.15, 0.2) is 53.0 Å². The van der Waals surface area contributed by atoms with E-state index in [1.165, 1.54) is 20.3 Å². The molecule has 0 heterocycles. The van der Waals surface area contributed by atoms with Crippen molar-refractivity contribution < 1.29 is 23.8 Å². The lowest BCUT2D eigenvalue weighted by molar-refractivity contribution is -0.142. The van der Waals surface area contributed by atoms with Gasteiger partial charge in [0, 0.05) is 34.4 Å². The van der Waals surface area contributed by atoms with Crippen molar-refractivity contribution in [3.8, 4) is 11.5 Å². The van der Waals surface area contributed by atoms with Crippen LogP contribution in [0.5, 0.6) is 11.5 Å². The Morgan fingerprint density at radius 2 is 1.65 bits per heavy atom. The van der Waals surface area contributed by atoms with E-state index in [4.69, 9.17) is 14.2 Å². The van der Waals surface area contributed by atoms with Gasteiger partial charge >= 0.3 is 5.97 Å². The lowest BCUT2D eigenvalue weighted by Crippen LogP contribution is -2.20. The van der Waals surface area contributed by atoms with E-state index in [1.807, 2.05) is 24.3 Å². The van der Waals surface area contributed by atoms with Gasteiger partial charge in [-0.3, -0.25) is 4.79 Å². The second kappa shape index (κ2) is 9.62. The van der Waals surface area contributed by atoms with Crippen LogP contribution in [0.3, 0.4) is 0 Å². The highest BCUT2D eigenvalue weighted by molar-refractivity contribution is 9.10. The van der Waals surface area contributed by atoms with Crippen molar-refractivity contribution in [2.24, 2.45) is 0 Å². The van der Waals surface area contributed by atoms with Gasteiger partial charge in [0.05, 0.1) is 14.2 Å². The molecule has 0 aromatic heterocycles. The fourth-order valence-electron chi connectivity index (χ4n) is 2.00. The van der Waals surface area contributed by atoms with Crippen LogP contribution in [0.2, 0.25) is 0 Å². The second-order valence-corrected chi connectivity index (χ2v) is 6.06. The average molecular weight is 420 g/mol. The number of benzene rings is 2. The summed E-state index contributed by atoms with van der Waals surface area (Å²) in [7, 11) is 3.03. The fourth-order valence-corrected chi connectivity index (χ4v) is 2.26. The van der Waals surface area contributed by atoms with Crippen LogP contribution < -0.4 is 14.8 Å². The Hall–Kier alpha value is -2.80. The molecule has 0 aliphatic carbocycles. The third-order valence-corrected chi connectivity index (χ3v) is 3.79. The van der Waals surface area contributed by atoms with E-state index >= 15 is 0 Å². The summed E-state index contributed by atoms with van der Waals surface area (Å²) >= 11 is 3.34. The molecular formula is C19H18BrNO5. The summed E-state index contributed by atoms with van der Waals surface area (Å²) in [5.41, 5.74) is 1.32. The Morgan fingerprint density at radius 1 is 1.04 bits per heavy atom. The zero-order valence-electron chi connectivity index (χ0n) is 14.3. The zero-order valence-corrected chi connectivity index (χ0v) is 15.9. The first-order valence-corrected chi connectivity index (χ1v) is 8.43. The maximum absolute atomic E-state index is 11.9. The van der Waals surface area contributed by atoms with Gasteiger partial charge < -0.3 is 19.5 Å². The zero-order chi connectivity index (χ0) is 18.9. The molecule has 0 aliphatic heterocycles. The average Bonchev–Trinajstić information content (AvgIpc) is 2.65. The van der Waals surface area contributed by atoms with Gasteiger partial charge in [0.25, 0.3) is 5.91 Å². The molecule has 0 radical (unpaired) electrons. The van der Waals surface area contributed by atoms with Crippen LogP contribution in [0, 0.1) is 0 Å². The van der Waals surface area contributed by atoms with Crippen LogP contribution in [0.1, 0.15) is 5.56 Å². The van der Waals surface area contributed by atoms with Crippen molar-refractivity contribution in [2.75, 3.05) is 26.1 Å². The highest BCUT2D eigenvalue weighted by Crippen LogP contribution is 2.25. The minimum Gasteiger partial charge on any atom is -0.497 e. The van der Waals surface area contributed by atoms with Gasteiger partial charge in [-0.2, -0.15) is 0 Å². The van der Waals surface area contributed by atoms with Gasteiger partial charge in [-0.05, 0) is 23.8 Å². The summed E-state index contributed by atoms with van der Waals surface area (Å²) < 4.78 is 16.1. The highest BCUT2D eigenvalue weighted by Gasteiger charge is 2.08. The number of ether oxygens (including phenoxy) is 3. The van der Waals surface area contributed by atoms with Gasteiger partial charge in [-0.15, -0.1) is 0 Å². The number of rotatable bonds is 7. The van der Waals surface area contributed by atoms with Gasteiger partial charge in [-0.1, -0.05) is 28.1 Å². The molecule has 1 N–H and O–H groups in total. The minimum atomic E-state index is -0.605. The van der Waals surface area contributed by atoms with Gasteiger partial charge in [-0.25, -0.2) is 4.79 Å². The van der Waals surface area contributed by atoms with Crippen molar-refractivity contribution in [1.29, 1.82) is 0 Å². The lowest BCUT2D eigenvalue weighted by Gasteiger charge is -2.09. The van der Waals surface area contributed by atoms with Gasteiger partial charge in [0.15, 0.2) is 6.61 Å². The van der Waals surface area contributed by atoms with E-state index < -0.39 is 18.5 Å². The maximum atomic E-state index is 11.9. The largest absolute Gasteiger partial charge is 0.497 e. The number of amides is 1. The Kier molecular flexibility index (Phi) is 7.23. The third-order valence-electron chi connectivity index (χ3n) is 3.26. The van der Waals surface area contributed by atoms with E-state index in [0.717, 1.165) is 10.0 Å². The van der Waals surface area contributed by atoms with Crippen molar-refractivity contribution in [3.63, 3.8) is 0 Å². The van der Waals surface area contributed by atoms with Crippen molar-refractivity contribution in [2.45, 2.75) is 0 Å². The topological polar surface area (TPSA) is 73.9 Å². The van der Waals surface area contributed by atoms with E-state index in [2.05, 4.69) is 21.2 Å². The first-order valence-electron chi connectivity index (χ1n) is 7.63. The predicted molar refractivity (Wildman–Crippen MR) is 102 cm³/mol. The molecule has 0 unspecified atom stereocenters. The number of esters is 1. The molecule has 1 amide bonds. The molecule has 26 heavy (non-hydrogen) atoms.